The normalized spacial score (nSPS) is 23.5. The molecule has 1 saturated heterocycles. The smallest absolute Gasteiger partial charge is 0.261 e. The Kier molecular flexibility index (Phi) is 10.0. The van der Waals surface area contributed by atoms with Crippen LogP contribution < -0.4 is 10.4 Å². The maximum absolute atomic E-state index is 7.16. The number of hydrogen-bond acceptors (Lipinski definition) is 5. The quantitative estimate of drug-likeness (QED) is 0.205. The van der Waals surface area contributed by atoms with Gasteiger partial charge in [0.1, 0.15) is 6.10 Å². The van der Waals surface area contributed by atoms with Gasteiger partial charge in [-0.15, -0.1) is 0 Å². The van der Waals surface area contributed by atoms with Gasteiger partial charge in [-0.2, -0.15) is 0 Å². The van der Waals surface area contributed by atoms with E-state index in [0.717, 1.165) is 18.6 Å². The van der Waals surface area contributed by atoms with Gasteiger partial charge in [-0.05, 0) is 66.3 Å². The van der Waals surface area contributed by atoms with E-state index in [1.165, 1.54) is 10.4 Å². The topological polar surface area (TPSA) is 46.2 Å². The molecule has 2 aliphatic heterocycles. The third-order valence-electron chi connectivity index (χ3n) is 9.13. The zero-order valence-corrected chi connectivity index (χ0v) is 29.7. The van der Waals surface area contributed by atoms with E-state index < -0.39 is 22.4 Å². The summed E-state index contributed by atoms with van der Waals surface area (Å²) in [4.78, 5) is 0. The summed E-state index contributed by atoms with van der Waals surface area (Å²) >= 11 is 0. The lowest BCUT2D eigenvalue weighted by atomic mass is 10.0. The minimum absolute atomic E-state index is 0.0428. The fourth-order valence-electron chi connectivity index (χ4n) is 5.88. The Labute approximate surface area is 257 Å². The minimum atomic E-state index is -2.56. The van der Waals surface area contributed by atoms with Crippen LogP contribution in [0.5, 0.6) is 0 Å². The molecule has 0 N–H and O–H groups in total. The number of rotatable bonds is 10. The molecule has 7 heteroatoms. The van der Waals surface area contributed by atoms with Crippen LogP contribution in [0.25, 0.3) is 0 Å². The SMILES string of the molecule is CC1(C)OC[C@H]([C@@H]2CC(O[Si](C)(C)C(C)(C)C)=C[C@H](CCCO[Si](c3ccccc3)(c3ccccc3)C(C)(C)C)O2)O1. The average Bonchev–Trinajstić information content (AvgIpc) is 3.27. The van der Waals surface area contributed by atoms with Crippen molar-refractivity contribution in [1.29, 1.82) is 0 Å². The van der Waals surface area contributed by atoms with Gasteiger partial charge in [0.05, 0.1) is 24.6 Å². The Balaban J connectivity index is 1.53. The average molecular weight is 611 g/mol. The van der Waals surface area contributed by atoms with Gasteiger partial charge >= 0.3 is 0 Å². The van der Waals surface area contributed by atoms with Crippen LogP contribution >= 0.6 is 0 Å². The van der Waals surface area contributed by atoms with E-state index in [1.807, 2.05) is 13.8 Å². The highest BCUT2D eigenvalue weighted by Gasteiger charge is 2.50. The molecule has 3 atom stereocenters. The third-order valence-corrected chi connectivity index (χ3v) is 18.6. The predicted molar refractivity (Wildman–Crippen MR) is 177 cm³/mol. The van der Waals surface area contributed by atoms with Crippen LogP contribution in [0.2, 0.25) is 23.2 Å². The van der Waals surface area contributed by atoms with Crippen LogP contribution in [0.15, 0.2) is 72.5 Å². The fraction of sp³-hybridized carbons (Fsp3) is 0.600. The summed E-state index contributed by atoms with van der Waals surface area (Å²) < 4.78 is 32.8. The Hall–Kier alpha value is -1.75. The van der Waals surface area contributed by atoms with E-state index in [4.69, 9.17) is 23.1 Å². The molecule has 4 rings (SSSR count). The van der Waals surface area contributed by atoms with Crippen LogP contribution in [-0.4, -0.2) is 53.9 Å². The highest BCUT2D eigenvalue weighted by molar-refractivity contribution is 6.99. The molecule has 1 fully saturated rings. The second-order valence-corrected chi connectivity index (χ2v) is 24.0. The van der Waals surface area contributed by atoms with Crippen molar-refractivity contribution in [3.63, 3.8) is 0 Å². The lowest BCUT2D eigenvalue weighted by Gasteiger charge is -2.43. The van der Waals surface area contributed by atoms with Crippen LogP contribution in [0, 0.1) is 0 Å². The van der Waals surface area contributed by atoms with Crippen molar-refractivity contribution < 1.29 is 23.1 Å². The first kappa shape index (κ1) is 33.2. The first-order valence-electron chi connectivity index (χ1n) is 15.7. The van der Waals surface area contributed by atoms with Crippen molar-refractivity contribution in [3.8, 4) is 0 Å². The summed E-state index contributed by atoms with van der Waals surface area (Å²) in [5.74, 6) is 0.457. The monoisotopic (exact) mass is 610 g/mol. The largest absolute Gasteiger partial charge is 0.547 e. The van der Waals surface area contributed by atoms with E-state index in [1.54, 1.807) is 0 Å². The summed E-state index contributed by atoms with van der Waals surface area (Å²) in [6, 6.07) is 21.7. The van der Waals surface area contributed by atoms with Gasteiger partial charge in [-0.3, -0.25) is 0 Å². The highest BCUT2D eigenvalue weighted by atomic mass is 28.4. The molecule has 2 aromatic rings. The van der Waals surface area contributed by atoms with Crippen molar-refractivity contribution in [2.24, 2.45) is 0 Å². The van der Waals surface area contributed by atoms with E-state index in [2.05, 4.69) is 121 Å². The van der Waals surface area contributed by atoms with Crippen molar-refractivity contribution in [3.05, 3.63) is 72.5 Å². The molecule has 5 nitrogen and oxygen atoms in total. The summed E-state index contributed by atoms with van der Waals surface area (Å²) in [5.41, 5.74) is 0. The van der Waals surface area contributed by atoms with Crippen LogP contribution in [0.1, 0.15) is 74.7 Å². The minimum Gasteiger partial charge on any atom is -0.547 e. The molecule has 0 saturated carbocycles. The number of ether oxygens (including phenoxy) is 3. The molecule has 0 aromatic heterocycles. The zero-order chi connectivity index (χ0) is 30.8. The van der Waals surface area contributed by atoms with Gasteiger partial charge in [0.2, 0.25) is 8.32 Å². The molecule has 0 amide bonds. The molecule has 232 valence electrons. The Morgan fingerprint density at radius 3 is 1.88 bits per heavy atom. The summed E-state index contributed by atoms with van der Waals surface area (Å²) in [7, 11) is -4.56. The van der Waals surface area contributed by atoms with Crippen molar-refractivity contribution in [1.82, 2.24) is 0 Å². The lowest BCUT2D eigenvalue weighted by molar-refractivity contribution is -0.163. The first-order valence-corrected chi connectivity index (χ1v) is 20.5. The van der Waals surface area contributed by atoms with Gasteiger partial charge in [-0.25, -0.2) is 0 Å². The molecule has 0 aliphatic carbocycles. The van der Waals surface area contributed by atoms with E-state index >= 15 is 0 Å². The van der Waals surface area contributed by atoms with E-state index in [9.17, 15) is 0 Å². The fourth-order valence-corrected chi connectivity index (χ4v) is 11.6. The lowest BCUT2D eigenvalue weighted by Crippen LogP contribution is -2.66. The predicted octanol–water partition coefficient (Wildman–Crippen LogP) is 7.56. The van der Waals surface area contributed by atoms with E-state index in [0.29, 0.717) is 19.6 Å². The highest BCUT2D eigenvalue weighted by Crippen LogP contribution is 2.41. The third kappa shape index (κ3) is 7.48. The van der Waals surface area contributed by atoms with Gasteiger partial charge in [0.15, 0.2) is 5.79 Å². The molecule has 2 aromatic carbocycles. The Morgan fingerprint density at radius 2 is 1.40 bits per heavy atom. The molecule has 2 heterocycles. The molecule has 0 radical (unpaired) electrons. The van der Waals surface area contributed by atoms with Gasteiger partial charge in [0, 0.05) is 13.0 Å². The standard InChI is InChI=1S/C35H54O5Si2/c1-33(2,3)41(9,10)40-28-24-27(38-31(25-28)32-26-36-35(7,8)39-32)18-17-23-37-42(34(4,5)6,29-19-13-11-14-20-29)30-21-15-12-16-22-30/h11-16,19-22,24,27,31-32H,17-18,23,25-26H2,1-10H3/t27-,31-,32+/m0/s1. The van der Waals surface area contributed by atoms with Crippen LogP contribution in [0.4, 0.5) is 0 Å². The second-order valence-electron chi connectivity index (χ2n) is 14.9. The second kappa shape index (κ2) is 12.7. The zero-order valence-electron chi connectivity index (χ0n) is 27.7. The maximum atomic E-state index is 7.16. The summed E-state index contributed by atoms with van der Waals surface area (Å²) in [5, 5.41) is 2.70. The van der Waals surface area contributed by atoms with Crippen LogP contribution in [0.3, 0.4) is 0 Å². The Morgan fingerprint density at radius 1 is 0.833 bits per heavy atom. The van der Waals surface area contributed by atoms with E-state index in [-0.39, 0.29) is 28.4 Å². The molecule has 2 aliphatic rings. The summed E-state index contributed by atoms with van der Waals surface area (Å²) in [6.45, 7) is 23.6. The molecule has 0 bridgehead atoms. The molecule has 0 spiro atoms. The van der Waals surface area contributed by atoms with Crippen molar-refractivity contribution in [2.45, 2.75) is 122 Å². The summed E-state index contributed by atoms with van der Waals surface area (Å²) in [6.07, 6.45) is 4.42. The first-order chi connectivity index (χ1) is 19.5. The molecular formula is C35H54O5Si2. The van der Waals surface area contributed by atoms with Gasteiger partial charge in [-0.1, -0.05) is 102 Å². The van der Waals surface area contributed by atoms with Gasteiger partial charge in [0.25, 0.3) is 8.32 Å². The number of hydrogen-bond donors (Lipinski definition) is 0. The maximum Gasteiger partial charge on any atom is 0.261 e. The molecule has 42 heavy (non-hydrogen) atoms. The van der Waals surface area contributed by atoms with Gasteiger partial charge < -0.3 is 23.1 Å². The molecular weight excluding hydrogens is 557 g/mol. The molecule has 0 unspecified atom stereocenters. The van der Waals surface area contributed by atoms with Crippen molar-refractivity contribution in [2.75, 3.05) is 13.2 Å². The Bertz CT molecular complexity index is 1140. The van der Waals surface area contributed by atoms with Crippen LogP contribution in [-0.2, 0) is 23.1 Å². The van der Waals surface area contributed by atoms with Crippen molar-refractivity contribution >= 4 is 27.0 Å². The number of benzene rings is 2.